The van der Waals surface area contributed by atoms with Crippen LogP contribution in [0.25, 0.3) is 5.69 Å². The number of ether oxygens (including phenoxy) is 1. The van der Waals surface area contributed by atoms with Gasteiger partial charge in [0.2, 0.25) is 0 Å². The summed E-state index contributed by atoms with van der Waals surface area (Å²) in [5.41, 5.74) is 2.04. The summed E-state index contributed by atoms with van der Waals surface area (Å²) in [5.74, 6) is -0.0213. The Morgan fingerprint density at radius 1 is 1.14 bits per heavy atom. The fourth-order valence-corrected chi connectivity index (χ4v) is 3.89. The van der Waals surface area contributed by atoms with Crippen LogP contribution in [0.5, 0.6) is 5.75 Å². The second-order valence-corrected chi connectivity index (χ2v) is 7.73. The zero-order valence-corrected chi connectivity index (χ0v) is 16.2. The number of methoxy groups -OCH3 is 1. The highest BCUT2D eigenvalue weighted by molar-refractivity contribution is 7.92. The Morgan fingerprint density at radius 2 is 1.86 bits per heavy atom. The maximum atomic E-state index is 12.8. The molecule has 1 N–H and O–H groups in total. The molecule has 3 rings (SSSR count). The number of aromatic nitrogens is 2. The first-order chi connectivity index (χ1) is 13.2. The molecule has 0 aliphatic heterocycles. The average molecular weight is 402 g/mol. The Bertz CT molecular complexity index is 1150. The number of anilines is 1. The lowest BCUT2D eigenvalue weighted by Crippen LogP contribution is -2.15. The van der Waals surface area contributed by atoms with Gasteiger partial charge in [-0.05, 0) is 44.2 Å². The van der Waals surface area contributed by atoms with Gasteiger partial charge in [-0.2, -0.15) is 5.10 Å². The lowest BCUT2D eigenvalue weighted by atomic mass is 10.2. The molecule has 0 aliphatic rings. The number of sulfonamides is 1. The SMILES string of the molecule is COc1ccc(S(=O)(=O)Nc2ccccc2-n2nc(C)cc2C)cc1[N+](=O)[O-]. The summed E-state index contributed by atoms with van der Waals surface area (Å²) < 4.78 is 34.7. The van der Waals surface area contributed by atoms with Crippen LogP contribution in [-0.2, 0) is 10.0 Å². The molecule has 0 bridgehead atoms. The monoisotopic (exact) mass is 402 g/mol. The average Bonchev–Trinajstić information content (AvgIpc) is 2.99. The number of benzene rings is 2. The number of rotatable bonds is 6. The number of nitro benzene ring substituents is 1. The van der Waals surface area contributed by atoms with Crippen LogP contribution >= 0.6 is 0 Å². The van der Waals surface area contributed by atoms with Crippen LogP contribution in [0.2, 0.25) is 0 Å². The number of nitrogens with one attached hydrogen (secondary N) is 1. The summed E-state index contributed by atoms with van der Waals surface area (Å²) in [6.45, 7) is 3.70. The molecule has 1 heterocycles. The normalized spacial score (nSPS) is 11.2. The fraction of sp³-hybridized carbons (Fsp3) is 0.167. The Morgan fingerprint density at radius 3 is 2.46 bits per heavy atom. The first kappa shape index (κ1) is 19.4. The van der Waals surface area contributed by atoms with Crippen molar-refractivity contribution < 1.29 is 18.1 Å². The molecule has 3 aromatic rings. The third-order valence-electron chi connectivity index (χ3n) is 4.04. The van der Waals surface area contributed by atoms with E-state index >= 15 is 0 Å². The van der Waals surface area contributed by atoms with Gasteiger partial charge in [0.15, 0.2) is 5.75 Å². The van der Waals surface area contributed by atoms with Crippen molar-refractivity contribution in [3.8, 4) is 11.4 Å². The first-order valence-corrected chi connectivity index (χ1v) is 9.69. The number of para-hydroxylation sites is 2. The van der Waals surface area contributed by atoms with Gasteiger partial charge < -0.3 is 4.74 Å². The summed E-state index contributed by atoms with van der Waals surface area (Å²) in [6, 6.07) is 12.1. The Balaban J connectivity index is 2.04. The van der Waals surface area contributed by atoms with Crippen LogP contribution in [0.1, 0.15) is 11.4 Å². The number of hydrogen-bond acceptors (Lipinski definition) is 6. The van der Waals surface area contributed by atoms with E-state index in [1.807, 2.05) is 19.9 Å². The predicted octanol–water partition coefficient (Wildman–Crippen LogP) is 3.21. The van der Waals surface area contributed by atoms with Gasteiger partial charge in [-0.1, -0.05) is 12.1 Å². The minimum atomic E-state index is -4.08. The van der Waals surface area contributed by atoms with Crippen molar-refractivity contribution in [2.24, 2.45) is 0 Å². The highest BCUT2D eigenvalue weighted by atomic mass is 32.2. The van der Waals surface area contributed by atoms with Crippen molar-refractivity contribution in [1.29, 1.82) is 0 Å². The molecule has 0 saturated heterocycles. The van der Waals surface area contributed by atoms with Gasteiger partial charge in [0, 0.05) is 11.8 Å². The van der Waals surface area contributed by atoms with Crippen molar-refractivity contribution in [1.82, 2.24) is 9.78 Å². The predicted molar refractivity (Wildman–Crippen MR) is 103 cm³/mol. The molecule has 1 aromatic heterocycles. The minimum absolute atomic E-state index is 0.0213. The molecule has 146 valence electrons. The lowest BCUT2D eigenvalue weighted by molar-refractivity contribution is -0.386. The van der Waals surface area contributed by atoms with Crippen LogP contribution < -0.4 is 9.46 Å². The third kappa shape index (κ3) is 3.67. The van der Waals surface area contributed by atoms with Crippen LogP contribution in [0.4, 0.5) is 11.4 Å². The van der Waals surface area contributed by atoms with Crippen LogP contribution in [-0.4, -0.2) is 30.2 Å². The van der Waals surface area contributed by atoms with E-state index in [1.54, 1.807) is 28.9 Å². The molecule has 0 saturated carbocycles. The minimum Gasteiger partial charge on any atom is -0.490 e. The van der Waals surface area contributed by atoms with Crippen molar-refractivity contribution >= 4 is 21.4 Å². The topological polar surface area (TPSA) is 116 Å². The summed E-state index contributed by atoms with van der Waals surface area (Å²) in [4.78, 5) is 10.3. The number of aryl methyl sites for hydroxylation is 2. The molecule has 0 unspecified atom stereocenters. The molecule has 0 fully saturated rings. The van der Waals surface area contributed by atoms with Crippen molar-refractivity contribution in [2.75, 3.05) is 11.8 Å². The van der Waals surface area contributed by atoms with Crippen LogP contribution in [0, 0.1) is 24.0 Å². The van der Waals surface area contributed by atoms with E-state index in [-0.39, 0.29) is 10.6 Å². The molecule has 9 nitrogen and oxygen atoms in total. The zero-order valence-electron chi connectivity index (χ0n) is 15.4. The summed E-state index contributed by atoms with van der Waals surface area (Å²) in [7, 11) is -2.80. The zero-order chi connectivity index (χ0) is 20.5. The molecule has 28 heavy (non-hydrogen) atoms. The molecule has 0 aliphatic carbocycles. The van der Waals surface area contributed by atoms with Crippen LogP contribution in [0.15, 0.2) is 53.4 Å². The number of hydrogen-bond donors (Lipinski definition) is 1. The molecular formula is C18H18N4O5S. The van der Waals surface area contributed by atoms with E-state index in [0.29, 0.717) is 11.4 Å². The highest BCUT2D eigenvalue weighted by Crippen LogP contribution is 2.31. The second kappa shape index (κ2) is 7.31. The summed E-state index contributed by atoms with van der Waals surface area (Å²) >= 11 is 0. The maximum absolute atomic E-state index is 12.8. The molecule has 2 aromatic carbocycles. The van der Waals surface area contributed by atoms with E-state index in [0.717, 1.165) is 17.5 Å². The van der Waals surface area contributed by atoms with Gasteiger partial charge in [-0.3, -0.25) is 14.8 Å². The van der Waals surface area contributed by atoms with E-state index < -0.39 is 20.6 Å². The van der Waals surface area contributed by atoms with Gasteiger partial charge in [0.05, 0.1) is 34.0 Å². The second-order valence-electron chi connectivity index (χ2n) is 6.05. The summed E-state index contributed by atoms with van der Waals surface area (Å²) in [6.07, 6.45) is 0. The smallest absolute Gasteiger partial charge is 0.312 e. The standard InChI is InChI=1S/C18H18N4O5S/c1-12-10-13(2)21(19-12)16-7-5-4-6-15(16)20-28(25,26)14-8-9-18(27-3)17(11-14)22(23)24/h4-11,20H,1-3H3. The largest absolute Gasteiger partial charge is 0.490 e. The van der Waals surface area contributed by atoms with Gasteiger partial charge in [-0.15, -0.1) is 0 Å². The Labute approximate surface area is 161 Å². The Hall–Kier alpha value is -3.40. The molecule has 0 amide bonds. The Kier molecular flexibility index (Phi) is 5.06. The quantitative estimate of drug-likeness (QED) is 0.500. The highest BCUT2D eigenvalue weighted by Gasteiger charge is 2.23. The van der Waals surface area contributed by atoms with Crippen LogP contribution in [0.3, 0.4) is 0 Å². The van der Waals surface area contributed by atoms with Crippen molar-refractivity contribution in [2.45, 2.75) is 18.7 Å². The molecule has 0 spiro atoms. The van der Waals surface area contributed by atoms with Gasteiger partial charge in [0.25, 0.3) is 10.0 Å². The number of nitrogens with zero attached hydrogens (tertiary/aromatic N) is 3. The van der Waals surface area contributed by atoms with E-state index in [2.05, 4.69) is 9.82 Å². The molecule has 10 heteroatoms. The van der Waals surface area contributed by atoms with E-state index in [4.69, 9.17) is 4.74 Å². The fourth-order valence-electron chi connectivity index (χ4n) is 2.80. The summed E-state index contributed by atoms with van der Waals surface area (Å²) in [5, 5.41) is 15.6. The number of nitro groups is 1. The van der Waals surface area contributed by atoms with Crippen molar-refractivity contribution in [3.63, 3.8) is 0 Å². The molecular weight excluding hydrogens is 384 g/mol. The lowest BCUT2D eigenvalue weighted by Gasteiger charge is -2.14. The van der Waals surface area contributed by atoms with Gasteiger partial charge in [-0.25, -0.2) is 13.1 Å². The van der Waals surface area contributed by atoms with E-state index in [9.17, 15) is 18.5 Å². The van der Waals surface area contributed by atoms with Gasteiger partial charge in [0.1, 0.15) is 0 Å². The van der Waals surface area contributed by atoms with E-state index in [1.165, 1.54) is 19.2 Å². The first-order valence-electron chi connectivity index (χ1n) is 8.21. The molecule has 0 atom stereocenters. The van der Waals surface area contributed by atoms with Crippen molar-refractivity contribution in [3.05, 3.63) is 70.0 Å². The van der Waals surface area contributed by atoms with Gasteiger partial charge >= 0.3 is 5.69 Å². The third-order valence-corrected chi connectivity index (χ3v) is 5.41. The maximum Gasteiger partial charge on any atom is 0.312 e. The molecule has 0 radical (unpaired) electrons.